The zero-order valence-electron chi connectivity index (χ0n) is 19.1. The molecule has 2 aromatic heterocycles. The van der Waals surface area contributed by atoms with Crippen LogP contribution in [-0.2, 0) is 5.60 Å². The number of aliphatic hydroxyl groups is 1. The highest BCUT2D eigenvalue weighted by atomic mass is 19.1. The van der Waals surface area contributed by atoms with E-state index < -0.39 is 17.2 Å². The van der Waals surface area contributed by atoms with Gasteiger partial charge in [0.15, 0.2) is 11.6 Å². The number of aromatic nitrogens is 5. The van der Waals surface area contributed by atoms with E-state index in [1.807, 2.05) is 4.90 Å². The van der Waals surface area contributed by atoms with Crippen LogP contribution in [0.3, 0.4) is 0 Å². The standard InChI is InChI=1S/C23H25F2N7O2/c1-13-18(25)20(23(2,3)34)29-22(28-13)31-11-14-9-30(10-15(14)12-31)21(33)16-5-4-6-17(24)19(16)32-26-7-8-27-32/h4-8,14-15,34H,9-12H2,1-3H3. The average molecular weight is 469 g/mol. The molecule has 178 valence electrons. The number of carbonyl (C=O) groups excluding carboxylic acids is 1. The molecule has 11 heteroatoms. The smallest absolute Gasteiger partial charge is 0.256 e. The van der Waals surface area contributed by atoms with E-state index in [4.69, 9.17) is 0 Å². The summed E-state index contributed by atoms with van der Waals surface area (Å²) in [4.78, 5) is 26.8. The highest BCUT2D eigenvalue weighted by molar-refractivity contribution is 5.98. The number of rotatable bonds is 4. The first-order valence-corrected chi connectivity index (χ1v) is 11.1. The highest BCUT2D eigenvalue weighted by Gasteiger charge is 2.43. The lowest BCUT2D eigenvalue weighted by Crippen LogP contribution is -2.35. The predicted octanol–water partition coefficient (Wildman–Crippen LogP) is 2.08. The van der Waals surface area contributed by atoms with Gasteiger partial charge >= 0.3 is 0 Å². The summed E-state index contributed by atoms with van der Waals surface area (Å²) in [7, 11) is 0. The lowest BCUT2D eigenvalue weighted by Gasteiger charge is -2.25. The summed E-state index contributed by atoms with van der Waals surface area (Å²) in [5, 5.41) is 18.3. The van der Waals surface area contributed by atoms with Gasteiger partial charge in [-0.3, -0.25) is 4.79 Å². The number of benzene rings is 1. The Labute approximate surface area is 195 Å². The Morgan fingerprint density at radius 3 is 2.32 bits per heavy atom. The maximum atomic E-state index is 14.6. The Hall–Kier alpha value is -3.47. The van der Waals surface area contributed by atoms with Crippen molar-refractivity contribution in [3.8, 4) is 5.69 Å². The van der Waals surface area contributed by atoms with Crippen LogP contribution in [0.15, 0.2) is 30.6 Å². The molecule has 34 heavy (non-hydrogen) atoms. The molecule has 0 radical (unpaired) electrons. The summed E-state index contributed by atoms with van der Waals surface area (Å²) in [6, 6.07) is 4.36. The number of halogens is 2. The molecule has 2 aliphatic heterocycles. The molecule has 0 aliphatic carbocycles. The van der Waals surface area contributed by atoms with Crippen LogP contribution in [0.2, 0.25) is 0 Å². The van der Waals surface area contributed by atoms with Crippen molar-refractivity contribution in [2.24, 2.45) is 11.8 Å². The van der Waals surface area contributed by atoms with Crippen molar-refractivity contribution < 1.29 is 18.7 Å². The van der Waals surface area contributed by atoms with Gasteiger partial charge < -0.3 is 14.9 Å². The summed E-state index contributed by atoms with van der Waals surface area (Å²) in [6.07, 6.45) is 2.86. The van der Waals surface area contributed by atoms with Crippen molar-refractivity contribution >= 4 is 11.9 Å². The van der Waals surface area contributed by atoms with Gasteiger partial charge in [0, 0.05) is 38.0 Å². The van der Waals surface area contributed by atoms with Gasteiger partial charge in [0.2, 0.25) is 5.95 Å². The van der Waals surface area contributed by atoms with Gasteiger partial charge in [-0.15, -0.1) is 4.80 Å². The lowest BCUT2D eigenvalue weighted by atomic mass is 10.0. The van der Waals surface area contributed by atoms with Crippen molar-refractivity contribution in [1.82, 2.24) is 29.9 Å². The van der Waals surface area contributed by atoms with E-state index in [-0.39, 0.29) is 40.4 Å². The fraction of sp³-hybridized carbons (Fsp3) is 0.435. The van der Waals surface area contributed by atoms with Crippen molar-refractivity contribution in [3.05, 3.63) is 59.2 Å². The van der Waals surface area contributed by atoms with Crippen LogP contribution in [0.25, 0.3) is 5.69 Å². The second kappa shape index (κ2) is 8.08. The van der Waals surface area contributed by atoms with Crippen molar-refractivity contribution in [2.45, 2.75) is 26.4 Å². The molecule has 1 aromatic carbocycles. The SMILES string of the molecule is Cc1nc(N2CC3CN(C(=O)c4cccc(F)c4-n4nccn4)CC3C2)nc(C(C)(C)O)c1F. The van der Waals surface area contributed by atoms with Crippen LogP contribution in [0.4, 0.5) is 14.7 Å². The van der Waals surface area contributed by atoms with Crippen molar-refractivity contribution in [3.63, 3.8) is 0 Å². The number of carbonyl (C=O) groups is 1. The number of para-hydroxylation sites is 1. The van der Waals surface area contributed by atoms with E-state index in [1.54, 1.807) is 17.9 Å². The van der Waals surface area contributed by atoms with Gasteiger partial charge in [0.1, 0.15) is 17.0 Å². The molecule has 2 fully saturated rings. The molecule has 3 aromatic rings. The monoisotopic (exact) mass is 469 g/mol. The number of likely N-dealkylation sites (tertiary alicyclic amines) is 1. The molecule has 9 nitrogen and oxygen atoms in total. The van der Waals surface area contributed by atoms with Crippen LogP contribution >= 0.6 is 0 Å². The molecule has 0 spiro atoms. The molecule has 1 N–H and O–H groups in total. The van der Waals surface area contributed by atoms with E-state index in [0.717, 1.165) is 4.80 Å². The fourth-order valence-corrected chi connectivity index (χ4v) is 4.81. The first kappa shape index (κ1) is 22.3. The second-order valence-corrected chi connectivity index (χ2v) is 9.42. The van der Waals surface area contributed by atoms with Crippen molar-refractivity contribution in [1.29, 1.82) is 0 Å². The van der Waals surface area contributed by atoms with E-state index in [9.17, 15) is 18.7 Å². The number of nitrogens with zero attached hydrogens (tertiary/aromatic N) is 7. The lowest BCUT2D eigenvalue weighted by molar-refractivity contribution is 0.0690. The zero-order valence-corrected chi connectivity index (χ0v) is 19.1. The summed E-state index contributed by atoms with van der Waals surface area (Å²) in [6.45, 7) is 6.73. The van der Waals surface area contributed by atoms with Gasteiger partial charge in [0.05, 0.1) is 23.7 Å². The zero-order chi connectivity index (χ0) is 24.2. The third kappa shape index (κ3) is 3.79. The van der Waals surface area contributed by atoms with Gasteiger partial charge in [-0.05, 0) is 32.9 Å². The van der Waals surface area contributed by atoms with Crippen molar-refractivity contribution in [2.75, 3.05) is 31.1 Å². The topological polar surface area (TPSA) is 100 Å². The van der Waals surface area contributed by atoms with Crippen LogP contribution in [0.1, 0.15) is 35.6 Å². The number of hydrogen-bond acceptors (Lipinski definition) is 7. The minimum Gasteiger partial charge on any atom is -0.384 e. The average Bonchev–Trinajstić information content (AvgIpc) is 3.50. The van der Waals surface area contributed by atoms with E-state index in [1.165, 1.54) is 38.4 Å². The minimum absolute atomic E-state index is 0.0327. The van der Waals surface area contributed by atoms with Crippen LogP contribution in [0, 0.1) is 30.4 Å². The van der Waals surface area contributed by atoms with E-state index >= 15 is 0 Å². The van der Waals surface area contributed by atoms with Gasteiger partial charge in [0.25, 0.3) is 5.91 Å². The Kier molecular flexibility index (Phi) is 5.31. The Balaban J connectivity index is 1.34. The Morgan fingerprint density at radius 1 is 1.06 bits per heavy atom. The highest BCUT2D eigenvalue weighted by Crippen LogP contribution is 2.35. The fourth-order valence-electron chi connectivity index (χ4n) is 4.81. The summed E-state index contributed by atoms with van der Waals surface area (Å²) < 4.78 is 29.0. The third-order valence-electron chi connectivity index (χ3n) is 6.48. The number of hydrogen-bond donors (Lipinski definition) is 1. The molecule has 2 atom stereocenters. The van der Waals surface area contributed by atoms with Gasteiger partial charge in [-0.1, -0.05) is 6.07 Å². The largest absolute Gasteiger partial charge is 0.384 e. The number of amides is 1. The van der Waals surface area contributed by atoms with Gasteiger partial charge in [-0.2, -0.15) is 10.2 Å². The quantitative estimate of drug-likeness (QED) is 0.625. The van der Waals surface area contributed by atoms with Gasteiger partial charge in [-0.25, -0.2) is 18.7 Å². The number of anilines is 1. The molecule has 5 rings (SSSR count). The van der Waals surface area contributed by atoms with Crippen LogP contribution < -0.4 is 4.90 Å². The number of fused-ring (bicyclic) bond motifs is 1. The summed E-state index contributed by atoms with van der Waals surface area (Å²) in [5.41, 5.74) is -1.04. The molecule has 4 heterocycles. The molecular weight excluding hydrogens is 444 g/mol. The predicted molar refractivity (Wildman–Crippen MR) is 118 cm³/mol. The molecule has 2 saturated heterocycles. The normalized spacial score (nSPS) is 20.2. The summed E-state index contributed by atoms with van der Waals surface area (Å²) >= 11 is 0. The Bertz CT molecular complexity index is 1230. The Morgan fingerprint density at radius 2 is 1.71 bits per heavy atom. The first-order chi connectivity index (χ1) is 16.1. The van der Waals surface area contributed by atoms with Crippen LogP contribution in [0.5, 0.6) is 0 Å². The van der Waals surface area contributed by atoms with E-state index in [0.29, 0.717) is 32.1 Å². The van der Waals surface area contributed by atoms with E-state index in [2.05, 4.69) is 20.2 Å². The first-order valence-electron chi connectivity index (χ1n) is 11.1. The van der Waals surface area contributed by atoms with Crippen LogP contribution in [-0.4, -0.2) is 67.1 Å². The molecule has 0 saturated carbocycles. The molecule has 2 aliphatic rings. The minimum atomic E-state index is -1.43. The molecule has 1 amide bonds. The third-order valence-corrected chi connectivity index (χ3v) is 6.48. The molecule has 2 unspecified atom stereocenters. The number of aryl methyl sites for hydroxylation is 1. The molecular formula is C23H25F2N7O2. The second-order valence-electron chi connectivity index (χ2n) is 9.42. The molecule has 0 bridgehead atoms. The maximum Gasteiger partial charge on any atom is 0.256 e. The summed E-state index contributed by atoms with van der Waals surface area (Å²) in [5.74, 6) is -0.734. The maximum absolute atomic E-state index is 14.6.